The molecule has 0 aromatic rings. The molecular formula is C12H18N2O2. The molecule has 0 radical (unpaired) electrons. The number of carbonyl (C=O) groups is 2. The van der Waals surface area contributed by atoms with Crippen molar-refractivity contribution in [2.24, 2.45) is 17.6 Å². The van der Waals surface area contributed by atoms with Crippen molar-refractivity contribution >= 4 is 11.8 Å². The average molecular weight is 222 g/mol. The van der Waals surface area contributed by atoms with E-state index < -0.39 is 0 Å². The molecule has 1 heterocycles. The van der Waals surface area contributed by atoms with Crippen LogP contribution in [0, 0.1) is 11.8 Å². The number of carbonyl (C=O) groups excluding carboxylic acids is 2. The molecule has 2 atom stereocenters. The normalized spacial score (nSPS) is 36.4. The van der Waals surface area contributed by atoms with Gasteiger partial charge < -0.3 is 5.73 Å². The van der Waals surface area contributed by atoms with E-state index in [9.17, 15) is 9.59 Å². The summed E-state index contributed by atoms with van der Waals surface area (Å²) in [4.78, 5) is 25.6. The van der Waals surface area contributed by atoms with Crippen molar-refractivity contribution in [3.63, 3.8) is 0 Å². The summed E-state index contributed by atoms with van der Waals surface area (Å²) in [5, 5.41) is 0. The van der Waals surface area contributed by atoms with Crippen LogP contribution in [0.2, 0.25) is 0 Å². The number of hydrogen-bond acceptors (Lipinski definition) is 3. The van der Waals surface area contributed by atoms with E-state index in [4.69, 9.17) is 5.73 Å². The van der Waals surface area contributed by atoms with E-state index in [1.165, 1.54) is 4.90 Å². The molecule has 0 bridgehead atoms. The molecule has 4 heteroatoms. The second-order valence-corrected chi connectivity index (χ2v) is 5.62. The van der Waals surface area contributed by atoms with Gasteiger partial charge in [-0.2, -0.15) is 0 Å². The molecule has 2 amide bonds. The van der Waals surface area contributed by atoms with Crippen LogP contribution < -0.4 is 5.73 Å². The smallest absolute Gasteiger partial charge is 0.233 e. The van der Waals surface area contributed by atoms with Crippen molar-refractivity contribution in [2.45, 2.75) is 44.1 Å². The predicted octanol–water partition coefficient (Wildman–Crippen LogP) is 0.653. The standard InChI is InChI=1S/C12H18N2O2/c13-12(5-2-6-12)7-14-10(15)8-3-1-4-9(8)11(14)16/h8-9H,1-7,13H2. The molecule has 3 fully saturated rings. The van der Waals surface area contributed by atoms with Crippen LogP contribution in [-0.4, -0.2) is 28.8 Å². The van der Waals surface area contributed by atoms with Crippen LogP contribution in [0.5, 0.6) is 0 Å². The molecule has 88 valence electrons. The summed E-state index contributed by atoms with van der Waals surface area (Å²) in [5.41, 5.74) is 5.84. The van der Waals surface area contributed by atoms with E-state index >= 15 is 0 Å². The molecule has 1 aliphatic heterocycles. The van der Waals surface area contributed by atoms with Gasteiger partial charge in [-0.1, -0.05) is 6.42 Å². The van der Waals surface area contributed by atoms with Crippen LogP contribution in [0.3, 0.4) is 0 Å². The monoisotopic (exact) mass is 222 g/mol. The molecule has 0 aromatic carbocycles. The topological polar surface area (TPSA) is 63.4 Å². The number of likely N-dealkylation sites (tertiary alicyclic amines) is 1. The van der Waals surface area contributed by atoms with Gasteiger partial charge in [0.25, 0.3) is 0 Å². The third kappa shape index (κ3) is 1.32. The van der Waals surface area contributed by atoms with Gasteiger partial charge in [0.2, 0.25) is 11.8 Å². The largest absolute Gasteiger partial charge is 0.324 e. The molecule has 3 rings (SSSR count). The van der Waals surface area contributed by atoms with Gasteiger partial charge in [-0.05, 0) is 32.1 Å². The lowest BCUT2D eigenvalue weighted by atomic mass is 9.77. The highest BCUT2D eigenvalue weighted by Gasteiger charge is 2.51. The first kappa shape index (κ1) is 10.3. The zero-order valence-electron chi connectivity index (χ0n) is 9.45. The molecule has 1 saturated heterocycles. The van der Waals surface area contributed by atoms with E-state index in [-0.39, 0.29) is 29.2 Å². The van der Waals surface area contributed by atoms with Gasteiger partial charge in [0, 0.05) is 12.1 Å². The van der Waals surface area contributed by atoms with Crippen molar-refractivity contribution < 1.29 is 9.59 Å². The summed E-state index contributed by atoms with van der Waals surface area (Å²) < 4.78 is 0. The summed E-state index contributed by atoms with van der Waals surface area (Å²) in [6.07, 6.45) is 5.82. The van der Waals surface area contributed by atoms with Gasteiger partial charge >= 0.3 is 0 Å². The Bertz CT molecular complexity index is 327. The van der Waals surface area contributed by atoms with Gasteiger partial charge in [-0.15, -0.1) is 0 Å². The summed E-state index contributed by atoms with van der Waals surface area (Å²) >= 11 is 0. The number of hydrogen-bond donors (Lipinski definition) is 1. The lowest BCUT2D eigenvalue weighted by Crippen LogP contribution is -2.56. The molecular weight excluding hydrogens is 204 g/mol. The molecule has 0 aromatic heterocycles. The molecule has 3 aliphatic rings. The zero-order valence-corrected chi connectivity index (χ0v) is 9.45. The molecule has 4 nitrogen and oxygen atoms in total. The zero-order chi connectivity index (χ0) is 11.3. The maximum absolute atomic E-state index is 12.1. The Morgan fingerprint density at radius 2 is 1.69 bits per heavy atom. The van der Waals surface area contributed by atoms with Gasteiger partial charge in [0.1, 0.15) is 0 Å². The Labute approximate surface area is 95.2 Å². The highest BCUT2D eigenvalue weighted by atomic mass is 16.2. The Hall–Kier alpha value is -0.900. The number of rotatable bonds is 2. The average Bonchev–Trinajstić information content (AvgIpc) is 2.76. The van der Waals surface area contributed by atoms with Crippen molar-refractivity contribution in [1.82, 2.24) is 4.90 Å². The van der Waals surface area contributed by atoms with Crippen LogP contribution in [0.15, 0.2) is 0 Å². The first-order valence-corrected chi connectivity index (χ1v) is 6.25. The lowest BCUT2D eigenvalue weighted by molar-refractivity contribution is -0.141. The van der Waals surface area contributed by atoms with Gasteiger partial charge in [0.15, 0.2) is 0 Å². The SMILES string of the molecule is NC1(CN2C(=O)C3CCCC3C2=O)CCC1. The first-order chi connectivity index (χ1) is 7.61. The van der Waals surface area contributed by atoms with Crippen LogP contribution in [0.4, 0.5) is 0 Å². The number of imide groups is 1. The fourth-order valence-electron chi connectivity index (χ4n) is 3.32. The van der Waals surface area contributed by atoms with Gasteiger partial charge in [-0.25, -0.2) is 0 Å². The summed E-state index contributed by atoms with van der Waals surface area (Å²) in [6, 6.07) is 0. The highest BCUT2D eigenvalue weighted by Crippen LogP contribution is 2.41. The number of amides is 2. The van der Waals surface area contributed by atoms with Crippen LogP contribution >= 0.6 is 0 Å². The maximum Gasteiger partial charge on any atom is 0.233 e. The Kier molecular flexibility index (Phi) is 2.11. The first-order valence-electron chi connectivity index (χ1n) is 6.25. The minimum Gasteiger partial charge on any atom is -0.324 e. The minimum atomic E-state index is -0.274. The van der Waals surface area contributed by atoms with Crippen molar-refractivity contribution in [1.29, 1.82) is 0 Å². The third-order valence-electron chi connectivity index (χ3n) is 4.50. The maximum atomic E-state index is 12.1. The quantitative estimate of drug-likeness (QED) is 0.698. The van der Waals surface area contributed by atoms with Crippen LogP contribution in [0.25, 0.3) is 0 Å². The molecule has 0 spiro atoms. The second kappa shape index (κ2) is 3.29. The minimum absolute atomic E-state index is 0.0174. The Morgan fingerprint density at radius 1 is 1.12 bits per heavy atom. The molecule has 2 unspecified atom stereocenters. The van der Waals surface area contributed by atoms with Gasteiger partial charge in [0.05, 0.1) is 11.8 Å². The molecule has 2 saturated carbocycles. The van der Waals surface area contributed by atoms with E-state index in [1.54, 1.807) is 0 Å². The van der Waals surface area contributed by atoms with E-state index in [2.05, 4.69) is 0 Å². The summed E-state index contributed by atoms with van der Waals surface area (Å²) in [7, 11) is 0. The highest BCUT2D eigenvalue weighted by molar-refractivity contribution is 6.05. The summed E-state index contributed by atoms with van der Waals surface area (Å²) in [6.45, 7) is 0.456. The Balaban J connectivity index is 1.76. The van der Waals surface area contributed by atoms with Crippen molar-refractivity contribution in [3.05, 3.63) is 0 Å². The lowest BCUT2D eigenvalue weighted by Gasteiger charge is -2.40. The number of fused-ring (bicyclic) bond motifs is 1. The molecule has 16 heavy (non-hydrogen) atoms. The van der Waals surface area contributed by atoms with E-state index in [1.807, 2.05) is 0 Å². The van der Waals surface area contributed by atoms with Crippen LogP contribution in [0.1, 0.15) is 38.5 Å². The van der Waals surface area contributed by atoms with E-state index in [0.717, 1.165) is 38.5 Å². The van der Waals surface area contributed by atoms with Gasteiger partial charge in [-0.3, -0.25) is 14.5 Å². The number of nitrogens with zero attached hydrogens (tertiary/aromatic N) is 1. The fourth-order valence-corrected chi connectivity index (χ4v) is 3.32. The van der Waals surface area contributed by atoms with Crippen molar-refractivity contribution in [2.75, 3.05) is 6.54 Å². The fraction of sp³-hybridized carbons (Fsp3) is 0.833. The summed E-state index contributed by atoms with van der Waals surface area (Å²) in [5.74, 6) is 0.0563. The molecule has 2 aliphatic carbocycles. The Morgan fingerprint density at radius 3 is 2.12 bits per heavy atom. The number of nitrogens with two attached hydrogens (primary N) is 1. The van der Waals surface area contributed by atoms with E-state index in [0.29, 0.717) is 6.54 Å². The molecule has 2 N–H and O–H groups in total. The van der Waals surface area contributed by atoms with Crippen LogP contribution in [-0.2, 0) is 9.59 Å². The third-order valence-corrected chi connectivity index (χ3v) is 4.50. The predicted molar refractivity (Wildman–Crippen MR) is 58.3 cm³/mol. The second-order valence-electron chi connectivity index (χ2n) is 5.62. The van der Waals surface area contributed by atoms with Crippen molar-refractivity contribution in [3.8, 4) is 0 Å².